The smallest absolute Gasteiger partial charge is 0.335 e. The van der Waals surface area contributed by atoms with Crippen LogP contribution in [0.5, 0.6) is 0 Å². The molecule has 0 aliphatic rings. The molecule has 0 saturated heterocycles. The monoisotopic (exact) mass is 309 g/mol. The zero-order valence-electron chi connectivity index (χ0n) is 12.1. The lowest BCUT2D eigenvalue weighted by Gasteiger charge is -2.08. The first kappa shape index (κ1) is 15.7. The fraction of sp³-hybridized carbons (Fsp3) is 0.429. The molecule has 1 aromatic carbocycles. The standard InChI is InChI=1S/C14H19N3O3S/c1-10(2)8-12(15)13-16-17-14(20-13)21(18,19)9-11-6-4-3-5-7-11/h3-7,10,12H,8-9,15H2,1-2H3/t12-/m0/s1. The normalized spacial score (nSPS) is 13.5. The van der Waals surface area contributed by atoms with Gasteiger partial charge < -0.3 is 10.2 Å². The van der Waals surface area contributed by atoms with Gasteiger partial charge in [-0.25, -0.2) is 8.42 Å². The fourth-order valence-electron chi connectivity index (χ4n) is 1.96. The predicted molar refractivity (Wildman–Crippen MR) is 78.0 cm³/mol. The summed E-state index contributed by atoms with van der Waals surface area (Å²) >= 11 is 0. The highest BCUT2D eigenvalue weighted by Crippen LogP contribution is 2.21. The minimum atomic E-state index is -3.65. The van der Waals surface area contributed by atoms with Crippen molar-refractivity contribution in [2.75, 3.05) is 0 Å². The third-order valence-electron chi connectivity index (χ3n) is 2.93. The SMILES string of the molecule is CC(C)C[C@H](N)c1nnc(S(=O)(=O)Cc2ccccc2)o1. The number of benzene rings is 1. The molecule has 0 unspecified atom stereocenters. The van der Waals surface area contributed by atoms with E-state index in [0.717, 1.165) is 0 Å². The molecule has 0 fully saturated rings. The van der Waals surface area contributed by atoms with Gasteiger partial charge in [-0.05, 0) is 17.9 Å². The number of nitrogens with two attached hydrogens (primary N) is 1. The van der Waals surface area contributed by atoms with E-state index in [2.05, 4.69) is 10.2 Å². The van der Waals surface area contributed by atoms with Gasteiger partial charge in [0.25, 0.3) is 0 Å². The van der Waals surface area contributed by atoms with Gasteiger partial charge in [-0.2, -0.15) is 0 Å². The lowest BCUT2D eigenvalue weighted by atomic mass is 10.1. The second-order valence-corrected chi connectivity index (χ2v) is 7.25. The molecule has 0 aliphatic heterocycles. The number of nitrogens with zero attached hydrogens (tertiary/aromatic N) is 2. The summed E-state index contributed by atoms with van der Waals surface area (Å²) in [5.41, 5.74) is 6.58. The topological polar surface area (TPSA) is 99.1 Å². The van der Waals surface area contributed by atoms with Crippen LogP contribution in [0, 0.1) is 5.92 Å². The van der Waals surface area contributed by atoms with Gasteiger partial charge in [0.15, 0.2) is 0 Å². The van der Waals surface area contributed by atoms with Crippen LogP contribution in [-0.4, -0.2) is 18.6 Å². The van der Waals surface area contributed by atoms with Gasteiger partial charge in [-0.3, -0.25) is 0 Å². The van der Waals surface area contributed by atoms with Crippen LogP contribution in [0.15, 0.2) is 40.0 Å². The first-order chi connectivity index (χ1) is 9.88. The second-order valence-electron chi connectivity index (χ2n) is 5.39. The maximum Gasteiger partial charge on any atom is 0.335 e. The van der Waals surface area contributed by atoms with Crippen LogP contribution >= 0.6 is 0 Å². The quantitative estimate of drug-likeness (QED) is 0.877. The van der Waals surface area contributed by atoms with Crippen LogP contribution < -0.4 is 5.73 Å². The van der Waals surface area contributed by atoms with Gasteiger partial charge in [-0.15, -0.1) is 5.10 Å². The van der Waals surface area contributed by atoms with Crippen molar-refractivity contribution in [1.82, 2.24) is 10.2 Å². The minimum absolute atomic E-state index is 0.162. The van der Waals surface area contributed by atoms with Gasteiger partial charge in [0.1, 0.15) is 0 Å². The molecule has 1 aromatic heterocycles. The maximum atomic E-state index is 12.2. The summed E-state index contributed by atoms with van der Waals surface area (Å²) in [6, 6.07) is 8.41. The Labute approximate surface area is 124 Å². The average Bonchev–Trinajstić information content (AvgIpc) is 2.89. The molecule has 0 amide bonds. The van der Waals surface area contributed by atoms with Gasteiger partial charge in [0.05, 0.1) is 11.8 Å². The molecule has 21 heavy (non-hydrogen) atoms. The minimum Gasteiger partial charge on any atom is -0.411 e. The van der Waals surface area contributed by atoms with Crippen molar-refractivity contribution in [3.63, 3.8) is 0 Å². The Morgan fingerprint density at radius 2 is 1.86 bits per heavy atom. The van der Waals surface area contributed by atoms with Gasteiger partial charge in [0.2, 0.25) is 15.7 Å². The van der Waals surface area contributed by atoms with E-state index >= 15 is 0 Å². The Kier molecular flexibility index (Phi) is 4.74. The summed E-state index contributed by atoms with van der Waals surface area (Å²) in [5.74, 6) is 0.348. The van der Waals surface area contributed by atoms with Crippen LogP contribution in [-0.2, 0) is 15.6 Å². The molecular weight excluding hydrogens is 290 g/mol. The molecule has 114 valence electrons. The first-order valence-electron chi connectivity index (χ1n) is 6.74. The second kappa shape index (κ2) is 6.36. The molecule has 1 atom stereocenters. The van der Waals surface area contributed by atoms with E-state index in [-0.39, 0.29) is 16.9 Å². The van der Waals surface area contributed by atoms with E-state index in [9.17, 15) is 8.42 Å². The van der Waals surface area contributed by atoms with Gasteiger partial charge in [-0.1, -0.05) is 49.3 Å². The number of hydrogen-bond donors (Lipinski definition) is 1. The highest BCUT2D eigenvalue weighted by molar-refractivity contribution is 7.90. The highest BCUT2D eigenvalue weighted by atomic mass is 32.2. The Balaban J connectivity index is 2.16. The van der Waals surface area contributed by atoms with Crippen molar-refractivity contribution < 1.29 is 12.8 Å². The molecule has 0 saturated carbocycles. The van der Waals surface area contributed by atoms with Crippen molar-refractivity contribution >= 4 is 9.84 Å². The van der Waals surface area contributed by atoms with E-state index in [4.69, 9.17) is 10.2 Å². The summed E-state index contributed by atoms with van der Waals surface area (Å²) in [4.78, 5) is 0. The van der Waals surface area contributed by atoms with E-state index in [1.165, 1.54) is 0 Å². The van der Waals surface area contributed by atoms with Crippen molar-refractivity contribution in [3.8, 4) is 0 Å². The van der Waals surface area contributed by atoms with E-state index < -0.39 is 15.9 Å². The fourth-order valence-corrected chi connectivity index (χ4v) is 3.09. The van der Waals surface area contributed by atoms with Crippen molar-refractivity contribution in [3.05, 3.63) is 41.8 Å². The lowest BCUT2D eigenvalue weighted by molar-refractivity contribution is 0.352. The van der Waals surface area contributed by atoms with Gasteiger partial charge in [0, 0.05) is 0 Å². The van der Waals surface area contributed by atoms with Crippen LogP contribution in [0.3, 0.4) is 0 Å². The summed E-state index contributed by atoms with van der Waals surface area (Å²) in [7, 11) is -3.65. The summed E-state index contributed by atoms with van der Waals surface area (Å²) < 4.78 is 29.7. The Morgan fingerprint density at radius 3 is 2.48 bits per heavy atom. The highest BCUT2D eigenvalue weighted by Gasteiger charge is 2.25. The molecule has 0 spiro atoms. The van der Waals surface area contributed by atoms with Gasteiger partial charge >= 0.3 is 5.22 Å². The predicted octanol–water partition coefficient (Wildman–Crippen LogP) is 2.09. The maximum absolute atomic E-state index is 12.2. The summed E-state index contributed by atoms with van der Waals surface area (Å²) in [6.07, 6.45) is 0.653. The lowest BCUT2D eigenvalue weighted by Crippen LogP contribution is -2.13. The van der Waals surface area contributed by atoms with Crippen molar-refractivity contribution in [1.29, 1.82) is 0 Å². The molecule has 0 bridgehead atoms. The number of sulfone groups is 1. The largest absolute Gasteiger partial charge is 0.411 e. The third-order valence-corrected chi connectivity index (χ3v) is 4.34. The molecule has 0 aliphatic carbocycles. The summed E-state index contributed by atoms with van der Waals surface area (Å²) in [5, 5.41) is 7.01. The Hall–Kier alpha value is -1.73. The molecule has 2 rings (SSSR count). The van der Waals surface area contributed by atoms with E-state index in [1.807, 2.05) is 19.9 Å². The van der Waals surface area contributed by atoms with Crippen LogP contribution in [0.2, 0.25) is 0 Å². The zero-order chi connectivity index (χ0) is 15.5. The van der Waals surface area contributed by atoms with Crippen LogP contribution in [0.25, 0.3) is 0 Å². The van der Waals surface area contributed by atoms with Crippen molar-refractivity contribution in [2.24, 2.45) is 11.7 Å². The zero-order valence-corrected chi connectivity index (χ0v) is 12.9. The Morgan fingerprint density at radius 1 is 1.19 bits per heavy atom. The number of rotatable bonds is 6. The first-order valence-corrected chi connectivity index (χ1v) is 8.39. The molecule has 6 nitrogen and oxygen atoms in total. The van der Waals surface area contributed by atoms with Crippen molar-refractivity contribution in [2.45, 2.75) is 37.3 Å². The molecule has 7 heteroatoms. The van der Waals surface area contributed by atoms with E-state index in [0.29, 0.717) is 17.9 Å². The average molecular weight is 309 g/mol. The van der Waals surface area contributed by atoms with Crippen LogP contribution in [0.1, 0.15) is 37.8 Å². The molecule has 0 radical (unpaired) electrons. The molecule has 1 heterocycles. The third kappa shape index (κ3) is 4.12. The Bertz CT molecular complexity index is 680. The number of aromatic nitrogens is 2. The number of hydrogen-bond acceptors (Lipinski definition) is 6. The van der Waals surface area contributed by atoms with Crippen LogP contribution in [0.4, 0.5) is 0 Å². The van der Waals surface area contributed by atoms with E-state index in [1.54, 1.807) is 24.3 Å². The molecular formula is C14H19N3O3S. The molecule has 2 aromatic rings. The summed E-state index contributed by atoms with van der Waals surface area (Å²) in [6.45, 7) is 4.03. The molecule has 2 N–H and O–H groups in total.